The molecule has 0 atom stereocenters. The molecule has 0 aliphatic carbocycles. The van der Waals surface area contributed by atoms with Crippen molar-refractivity contribution in [2.24, 2.45) is 0 Å². The molecule has 0 aromatic heterocycles. The minimum atomic E-state index is 0.305. The zero-order chi connectivity index (χ0) is 19.4. The molecule has 2 nitrogen and oxygen atoms in total. The summed E-state index contributed by atoms with van der Waals surface area (Å²) in [6.07, 6.45) is 0. The molecule has 0 fully saturated rings. The van der Waals surface area contributed by atoms with Crippen LogP contribution in [0.1, 0.15) is 22.3 Å². The van der Waals surface area contributed by atoms with Gasteiger partial charge in [-0.3, -0.25) is 0 Å². The third-order valence-corrected chi connectivity index (χ3v) is 5.19. The lowest BCUT2D eigenvalue weighted by molar-refractivity contribution is 0.306. The minimum absolute atomic E-state index is 0.305. The molecule has 3 aromatic carbocycles. The maximum absolute atomic E-state index is 6.41. The smallest absolute Gasteiger partial charge is 0.156 e. The Kier molecular flexibility index (Phi) is 6.54. The first-order valence-electron chi connectivity index (χ1n) is 8.59. The van der Waals surface area contributed by atoms with Gasteiger partial charge in [-0.05, 0) is 54.8 Å². The summed E-state index contributed by atoms with van der Waals surface area (Å²) in [5, 5.41) is 5.04. The number of halogens is 3. The van der Waals surface area contributed by atoms with E-state index in [1.54, 1.807) is 0 Å². The monoisotopic (exact) mass is 419 g/mol. The molecule has 0 spiro atoms. The molecular formula is C22H20Cl3NO. The van der Waals surface area contributed by atoms with Crippen molar-refractivity contribution < 1.29 is 4.74 Å². The van der Waals surface area contributed by atoms with Crippen molar-refractivity contribution in [1.29, 1.82) is 0 Å². The second-order valence-electron chi connectivity index (χ2n) is 6.44. The van der Waals surface area contributed by atoms with Crippen LogP contribution in [0.3, 0.4) is 0 Å². The standard InChI is InChI=1S/C22H20Cl3NO/c1-14-7-8-15(2)21(9-14)26-12-16-10-19(24)22(20(25)11-16)27-13-17-5-3-4-6-18(17)23/h3-11,26H,12-13H2,1-2H3. The molecule has 0 heterocycles. The van der Waals surface area contributed by atoms with Gasteiger partial charge >= 0.3 is 0 Å². The Labute approximate surface area is 175 Å². The summed E-state index contributed by atoms with van der Waals surface area (Å²) in [5.41, 5.74) is 5.37. The molecule has 0 radical (unpaired) electrons. The van der Waals surface area contributed by atoms with E-state index < -0.39 is 0 Å². The lowest BCUT2D eigenvalue weighted by Crippen LogP contribution is -2.03. The molecule has 5 heteroatoms. The molecule has 0 saturated heterocycles. The van der Waals surface area contributed by atoms with Crippen molar-refractivity contribution in [1.82, 2.24) is 0 Å². The Morgan fingerprint density at radius 2 is 1.56 bits per heavy atom. The lowest BCUT2D eigenvalue weighted by Gasteiger charge is -2.14. The number of anilines is 1. The first kappa shape index (κ1) is 19.9. The van der Waals surface area contributed by atoms with E-state index in [1.807, 2.05) is 36.4 Å². The number of rotatable bonds is 6. The van der Waals surface area contributed by atoms with E-state index in [4.69, 9.17) is 39.5 Å². The first-order chi connectivity index (χ1) is 12.9. The number of benzene rings is 3. The third kappa shape index (κ3) is 5.10. The van der Waals surface area contributed by atoms with Crippen molar-refractivity contribution in [3.8, 4) is 5.75 Å². The SMILES string of the molecule is Cc1ccc(C)c(NCc2cc(Cl)c(OCc3ccccc3Cl)c(Cl)c2)c1. The lowest BCUT2D eigenvalue weighted by atomic mass is 10.1. The molecule has 0 unspecified atom stereocenters. The van der Waals surface area contributed by atoms with Gasteiger partial charge in [-0.2, -0.15) is 0 Å². The van der Waals surface area contributed by atoms with Gasteiger partial charge in [0.1, 0.15) is 6.61 Å². The number of nitrogens with one attached hydrogen (secondary N) is 1. The summed E-state index contributed by atoms with van der Waals surface area (Å²) < 4.78 is 5.82. The second kappa shape index (κ2) is 8.88. The molecule has 0 saturated carbocycles. The van der Waals surface area contributed by atoms with Crippen LogP contribution in [-0.2, 0) is 13.2 Å². The highest BCUT2D eigenvalue weighted by atomic mass is 35.5. The third-order valence-electron chi connectivity index (χ3n) is 4.26. The average molecular weight is 421 g/mol. The molecule has 0 aliphatic heterocycles. The predicted molar refractivity (Wildman–Crippen MR) is 115 cm³/mol. The fourth-order valence-corrected chi connectivity index (χ4v) is 3.57. The zero-order valence-corrected chi connectivity index (χ0v) is 17.4. The second-order valence-corrected chi connectivity index (χ2v) is 7.66. The van der Waals surface area contributed by atoms with Gasteiger partial charge in [-0.1, -0.05) is 65.1 Å². The quantitative estimate of drug-likeness (QED) is 0.447. The molecule has 3 rings (SSSR count). The Hall–Kier alpha value is -1.87. The highest BCUT2D eigenvalue weighted by molar-refractivity contribution is 6.37. The van der Waals surface area contributed by atoms with E-state index in [0.717, 1.165) is 16.8 Å². The highest BCUT2D eigenvalue weighted by Gasteiger charge is 2.11. The molecule has 1 N–H and O–H groups in total. The van der Waals surface area contributed by atoms with Gasteiger partial charge in [-0.25, -0.2) is 0 Å². The summed E-state index contributed by atoms with van der Waals surface area (Å²) in [6.45, 7) is 5.07. The molecule has 0 bridgehead atoms. The van der Waals surface area contributed by atoms with Gasteiger partial charge in [0.15, 0.2) is 5.75 Å². The van der Waals surface area contributed by atoms with E-state index in [2.05, 4.69) is 37.4 Å². The van der Waals surface area contributed by atoms with Gasteiger partial charge in [0.2, 0.25) is 0 Å². The Balaban J connectivity index is 1.71. The Morgan fingerprint density at radius 3 is 2.26 bits per heavy atom. The number of aryl methyl sites for hydroxylation is 2. The zero-order valence-electron chi connectivity index (χ0n) is 15.2. The summed E-state index contributed by atoms with van der Waals surface area (Å²) in [7, 11) is 0. The van der Waals surface area contributed by atoms with Crippen LogP contribution >= 0.6 is 34.8 Å². The Bertz CT molecular complexity index is 933. The van der Waals surface area contributed by atoms with Crippen molar-refractivity contribution in [3.63, 3.8) is 0 Å². The number of hydrogen-bond donors (Lipinski definition) is 1. The highest BCUT2D eigenvalue weighted by Crippen LogP contribution is 2.35. The summed E-state index contributed by atoms with van der Waals surface area (Å²) in [4.78, 5) is 0. The average Bonchev–Trinajstić information content (AvgIpc) is 2.63. The van der Waals surface area contributed by atoms with Crippen LogP contribution in [0, 0.1) is 13.8 Å². The summed E-state index contributed by atoms with van der Waals surface area (Å²) in [6, 6.07) is 17.6. The van der Waals surface area contributed by atoms with Crippen LogP contribution in [0.25, 0.3) is 0 Å². The van der Waals surface area contributed by atoms with Gasteiger partial charge in [0.25, 0.3) is 0 Å². The Morgan fingerprint density at radius 1 is 0.852 bits per heavy atom. The van der Waals surface area contributed by atoms with Crippen LogP contribution in [0.5, 0.6) is 5.75 Å². The first-order valence-corrected chi connectivity index (χ1v) is 9.72. The van der Waals surface area contributed by atoms with E-state index in [9.17, 15) is 0 Å². The maximum Gasteiger partial charge on any atom is 0.156 e. The summed E-state index contributed by atoms with van der Waals surface area (Å²) in [5.74, 6) is 0.466. The molecule has 27 heavy (non-hydrogen) atoms. The molecule has 0 amide bonds. The van der Waals surface area contributed by atoms with E-state index in [0.29, 0.717) is 34.0 Å². The summed E-state index contributed by atoms with van der Waals surface area (Å²) >= 11 is 19.0. The maximum atomic E-state index is 6.41. The predicted octanol–water partition coefficient (Wildman–Crippen LogP) is 7.45. The van der Waals surface area contributed by atoms with Crippen molar-refractivity contribution in [3.05, 3.63) is 91.9 Å². The van der Waals surface area contributed by atoms with Crippen LogP contribution in [0.15, 0.2) is 54.6 Å². The molecule has 140 valence electrons. The van der Waals surface area contributed by atoms with Crippen molar-refractivity contribution >= 4 is 40.5 Å². The number of hydrogen-bond acceptors (Lipinski definition) is 2. The van der Waals surface area contributed by atoms with Crippen LogP contribution in [0.2, 0.25) is 15.1 Å². The van der Waals surface area contributed by atoms with Gasteiger partial charge < -0.3 is 10.1 Å². The van der Waals surface area contributed by atoms with E-state index in [-0.39, 0.29) is 0 Å². The molecule has 0 aliphatic rings. The van der Waals surface area contributed by atoms with Crippen LogP contribution < -0.4 is 10.1 Å². The van der Waals surface area contributed by atoms with E-state index in [1.165, 1.54) is 11.1 Å². The number of ether oxygens (including phenoxy) is 1. The van der Waals surface area contributed by atoms with Crippen molar-refractivity contribution in [2.45, 2.75) is 27.0 Å². The normalized spacial score (nSPS) is 10.7. The van der Waals surface area contributed by atoms with Crippen molar-refractivity contribution in [2.75, 3.05) is 5.32 Å². The van der Waals surface area contributed by atoms with Gasteiger partial charge in [0.05, 0.1) is 10.0 Å². The fourth-order valence-electron chi connectivity index (χ4n) is 2.74. The van der Waals surface area contributed by atoms with Gasteiger partial charge in [-0.15, -0.1) is 0 Å². The largest absolute Gasteiger partial charge is 0.486 e. The minimum Gasteiger partial charge on any atom is -0.486 e. The van der Waals surface area contributed by atoms with E-state index >= 15 is 0 Å². The molecular weight excluding hydrogens is 401 g/mol. The molecule has 3 aromatic rings. The van der Waals surface area contributed by atoms with Crippen LogP contribution in [0.4, 0.5) is 5.69 Å². The topological polar surface area (TPSA) is 21.3 Å². The van der Waals surface area contributed by atoms with Gasteiger partial charge in [0, 0.05) is 22.8 Å². The van der Waals surface area contributed by atoms with Crippen LogP contribution in [-0.4, -0.2) is 0 Å². The fraction of sp³-hybridized carbons (Fsp3) is 0.182.